The standard InChI is InChI=1S/C19H24FNO2.ClH/c1-3-22-18-10-7-16(13-19(18)23-4-2)14-21-12-11-15-5-8-17(20)9-6-15;/h5-10,13,21H,3-4,11-12,14H2,1-2H3;1H. The molecule has 0 unspecified atom stereocenters. The predicted molar refractivity (Wildman–Crippen MR) is 97.8 cm³/mol. The molecule has 0 heterocycles. The van der Waals surface area contributed by atoms with E-state index in [1.165, 1.54) is 12.1 Å². The molecule has 0 aromatic heterocycles. The first-order valence-corrected chi connectivity index (χ1v) is 8.06. The van der Waals surface area contributed by atoms with Gasteiger partial charge in [0.05, 0.1) is 13.2 Å². The van der Waals surface area contributed by atoms with E-state index in [4.69, 9.17) is 9.47 Å². The van der Waals surface area contributed by atoms with Crippen molar-refractivity contribution in [1.82, 2.24) is 5.32 Å². The van der Waals surface area contributed by atoms with Crippen molar-refractivity contribution in [2.75, 3.05) is 19.8 Å². The van der Waals surface area contributed by atoms with Crippen LogP contribution in [0.3, 0.4) is 0 Å². The lowest BCUT2D eigenvalue weighted by molar-refractivity contribution is 0.287. The normalized spacial score (nSPS) is 10.1. The first-order chi connectivity index (χ1) is 11.2. The summed E-state index contributed by atoms with van der Waals surface area (Å²) in [5, 5.41) is 3.40. The molecule has 1 N–H and O–H groups in total. The smallest absolute Gasteiger partial charge is 0.161 e. The van der Waals surface area contributed by atoms with Crippen LogP contribution in [0.4, 0.5) is 4.39 Å². The fourth-order valence-corrected chi connectivity index (χ4v) is 2.32. The molecule has 2 aromatic carbocycles. The summed E-state index contributed by atoms with van der Waals surface area (Å²) in [4.78, 5) is 0. The van der Waals surface area contributed by atoms with Gasteiger partial charge >= 0.3 is 0 Å². The molecule has 2 aromatic rings. The summed E-state index contributed by atoms with van der Waals surface area (Å²) in [5.74, 6) is 1.37. The second-order valence-electron chi connectivity index (χ2n) is 5.20. The van der Waals surface area contributed by atoms with E-state index in [1.54, 1.807) is 0 Å². The van der Waals surface area contributed by atoms with Crippen molar-refractivity contribution < 1.29 is 13.9 Å². The van der Waals surface area contributed by atoms with Crippen molar-refractivity contribution in [3.05, 3.63) is 59.4 Å². The summed E-state index contributed by atoms with van der Waals surface area (Å²) in [5.41, 5.74) is 2.27. The fourth-order valence-electron chi connectivity index (χ4n) is 2.32. The van der Waals surface area contributed by atoms with Crippen LogP contribution >= 0.6 is 12.4 Å². The number of hydrogen-bond donors (Lipinski definition) is 1. The Kier molecular flexibility index (Phi) is 9.20. The van der Waals surface area contributed by atoms with Gasteiger partial charge in [0.2, 0.25) is 0 Å². The molecule has 0 fully saturated rings. The molecule has 0 bridgehead atoms. The molecule has 3 nitrogen and oxygen atoms in total. The van der Waals surface area contributed by atoms with Gasteiger partial charge in [-0.1, -0.05) is 18.2 Å². The maximum absolute atomic E-state index is 12.8. The van der Waals surface area contributed by atoms with Crippen molar-refractivity contribution in [2.45, 2.75) is 26.8 Å². The van der Waals surface area contributed by atoms with Crippen molar-refractivity contribution in [3.8, 4) is 11.5 Å². The summed E-state index contributed by atoms with van der Waals surface area (Å²) in [6.07, 6.45) is 0.871. The average Bonchev–Trinajstić information content (AvgIpc) is 2.56. The van der Waals surface area contributed by atoms with Crippen LogP contribution in [0.1, 0.15) is 25.0 Å². The summed E-state index contributed by atoms with van der Waals surface area (Å²) >= 11 is 0. The molecule has 0 spiro atoms. The van der Waals surface area contributed by atoms with E-state index < -0.39 is 0 Å². The third-order valence-corrected chi connectivity index (χ3v) is 3.44. The monoisotopic (exact) mass is 353 g/mol. The van der Waals surface area contributed by atoms with Gasteiger partial charge in [-0.2, -0.15) is 0 Å². The van der Waals surface area contributed by atoms with E-state index in [0.29, 0.717) is 13.2 Å². The minimum atomic E-state index is -0.195. The van der Waals surface area contributed by atoms with Crippen LogP contribution in [0.2, 0.25) is 0 Å². The highest BCUT2D eigenvalue weighted by Crippen LogP contribution is 2.28. The zero-order valence-corrected chi connectivity index (χ0v) is 15.0. The Morgan fingerprint density at radius 1 is 0.875 bits per heavy atom. The predicted octanol–water partition coefficient (Wildman–Crippen LogP) is 4.38. The number of ether oxygens (including phenoxy) is 2. The van der Waals surface area contributed by atoms with Gasteiger partial charge in [-0.15, -0.1) is 12.4 Å². The second-order valence-corrected chi connectivity index (χ2v) is 5.20. The van der Waals surface area contributed by atoms with E-state index in [9.17, 15) is 4.39 Å². The Balaban J connectivity index is 0.00000288. The van der Waals surface area contributed by atoms with Crippen LogP contribution in [0.5, 0.6) is 11.5 Å². The number of halogens is 2. The molecular weight excluding hydrogens is 329 g/mol. The van der Waals surface area contributed by atoms with Crippen LogP contribution in [-0.4, -0.2) is 19.8 Å². The Labute approximate surface area is 149 Å². The topological polar surface area (TPSA) is 30.5 Å². The highest BCUT2D eigenvalue weighted by molar-refractivity contribution is 5.85. The third-order valence-electron chi connectivity index (χ3n) is 3.44. The average molecular weight is 354 g/mol. The quantitative estimate of drug-likeness (QED) is 0.679. The number of hydrogen-bond acceptors (Lipinski definition) is 3. The molecule has 0 saturated carbocycles. The molecule has 0 aliphatic rings. The molecule has 0 aliphatic carbocycles. The van der Waals surface area contributed by atoms with Gasteiger partial charge < -0.3 is 14.8 Å². The molecule has 5 heteroatoms. The van der Waals surface area contributed by atoms with Gasteiger partial charge in [0.1, 0.15) is 5.82 Å². The van der Waals surface area contributed by atoms with Crippen LogP contribution in [0.25, 0.3) is 0 Å². The Morgan fingerprint density at radius 2 is 1.50 bits per heavy atom. The molecule has 132 valence electrons. The molecule has 0 radical (unpaired) electrons. The zero-order chi connectivity index (χ0) is 16.5. The molecular formula is C19H25ClFNO2. The van der Waals surface area contributed by atoms with Crippen LogP contribution in [-0.2, 0) is 13.0 Å². The Morgan fingerprint density at radius 3 is 2.17 bits per heavy atom. The highest BCUT2D eigenvalue weighted by Gasteiger charge is 2.06. The van der Waals surface area contributed by atoms with E-state index in [1.807, 2.05) is 44.2 Å². The summed E-state index contributed by atoms with van der Waals surface area (Å²) in [7, 11) is 0. The summed E-state index contributed by atoms with van der Waals surface area (Å²) in [6, 6.07) is 12.6. The summed E-state index contributed by atoms with van der Waals surface area (Å²) in [6.45, 7) is 6.75. The van der Waals surface area contributed by atoms with E-state index in [0.717, 1.165) is 42.1 Å². The largest absolute Gasteiger partial charge is 0.490 e. The van der Waals surface area contributed by atoms with Crippen LogP contribution in [0.15, 0.2) is 42.5 Å². The Bertz CT molecular complexity index is 605. The molecule has 2 rings (SSSR count). The molecule has 0 atom stereocenters. The zero-order valence-electron chi connectivity index (χ0n) is 14.2. The molecule has 24 heavy (non-hydrogen) atoms. The van der Waals surface area contributed by atoms with Gasteiger partial charge in [0.15, 0.2) is 11.5 Å². The van der Waals surface area contributed by atoms with Crippen LogP contribution in [0, 0.1) is 5.82 Å². The number of benzene rings is 2. The number of rotatable bonds is 9. The summed E-state index contributed by atoms with van der Waals surface area (Å²) < 4.78 is 24.0. The minimum Gasteiger partial charge on any atom is -0.490 e. The van der Waals surface area contributed by atoms with E-state index in [-0.39, 0.29) is 18.2 Å². The molecule has 0 amide bonds. The van der Waals surface area contributed by atoms with Crippen molar-refractivity contribution >= 4 is 12.4 Å². The van der Waals surface area contributed by atoms with Gasteiger partial charge in [0, 0.05) is 6.54 Å². The van der Waals surface area contributed by atoms with E-state index >= 15 is 0 Å². The molecule has 0 aliphatic heterocycles. The minimum absolute atomic E-state index is 0. The first-order valence-electron chi connectivity index (χ1n) is 8.06. The maximum atomic E-state index is 12.8. The van der Waals surface area contributed by atoms with Gasteiger partial charge in [-0.3, -0.25) is 0 Å². The van der Waals surface area contributed by atoms with E-state index in [2.05, 4.69) is 5.32 Å². The lowest BCUT2D eigenvalue weighted by Gasteiger charge is -2.13. The Hall–Kier alpha value is -1.78. The van der Waals surface area contributed by atoms with Crippen molar-refractivity contribution in [3.63, 3.8) is 0 Å². The van der Waals surface area contributed by atoms with Crippen molar-refractivity contribution in [2.24, 2.45) is 0 Å². The third kappa shape index (κ3) is 6.38. The molecule has 0 saturated heterocycles. The maximum Gasteiger partial charge on any atom is 0.161 e. The highest BCUT2D eigenvalue weighted by atomic mass is 35.5. The lowest BCUT2D eigenvalue weighted by Crippen LogP contribution is -2.16. The van der Waals surface area contributed by atoms with Gasteiger partial charge in [0.25, 0.3) is 0 Å². The van der Waals surface area contributed by atoms with Gasteiger partial charge in [-0.05, 0) is 62.2 Å². The second kappa shape index (κ2) is 10.9. The van der Waals surface area contributed by atoms with Gasteiger partial charge in [-0.25, -0.2) is 4.39 Å². The first kappa shape index (κ1) is 20.3. The number of nitrogens with one attached hydrogen (secondary N) is 1. The van der Waals surface area contributed by atoms with Crippen LogP contribution < -0.4 is 14.8 Å². The SMILES string of the molecule is CCOc1ccc(CNCCc2ccc(F)cc2)cc1OCC.Cl. The fraction of sp³-hybridized carbons (Fsp3) is 0.368. The lowest BCUT2D eigenvalue weighted by atomic mass is 10.1. The van der Waals surface area contributed by atoms with Crippen molar-refractivity contribution in [1.29, 1.82) is 0 Å².